The minimum Gasteiger partial charge on any atom is -0.497 e. The maximum absolute atomic E-state index is 10.8. The third kappa shape index (κ3) is 4.74. The summed E-state index contributed by atoms with van der Waals surface area (Å²) in [7, 11) is 1.63. The van der Waals surface area contributed by atoms with E-state index in [0.717, 1.165) is 48.6 Å². The Morgan fingerprint density at radius 1 is 1.13 bits per heavy atom. The van der Waals surface area contributed by atoms with E-state index in [4.69, 9.17) is 9.47 Å². The van der Waals surface area contributed by atoms with Gasteiger partial charge in [0.15, 0.2) is 0 Å². The van der Waals surface area contributed by atoms with E-state index in [0.29, 0.717) is 13.0 Å². The molecule has 0 radical (unpaired) electrons. The number of piperidine rings is 1. The number of likely N-dealkylation sites (tertiary alicyclic amines) is 1. The molecule has 1 fully saturated rings. The summed E-state index contributed by atoms with van der Waals surface area (Å²) in [6, 6.07) is 14.0. The number of rotatable bonds is 4. The lowest BCUT2D eigenvalue weighted by Gasteiger charge is -2.46. The number of aliphatic hydroxyl groups is 2. The number of hydrogen-bond donors (Lipinski definition) is 2. The Hall–Kier alpha value is -2.08. The molecule has 31 heavy (non-hydrogen) atoms. The fourth-order valence-electron chi connectivity index (χ4n) is 4.75. The van der Waals surface area contributed by atoms with Gasteiger partial charge in [0.1, 0.15) is 17.1 Å². The average Bonchev–Trinajstić information content (AvgIpc) is 2.75. The lowest BCUT2D eigenvalue weighted by atomic mass is 9.81. The van der Waals surface area contributed by atoms with Gasteiger partial charge in [0.2, 0.25) is 0 Å². The van der Waals surface area contributed by atoms with Gasteiger partial charge < -0.3 is 24.6 Å². The highest BCUT2D eigenvalue weighted by molar-refractivity contribution is 5.43. The largest absolute Gasteiger partial charge is 0.497 e. The monoisotopic (exact) mass is 425 g/mol. The Labute approximate surface area is 185 Å². The number of fused-ring (bicyclic) bond motifs is 1. The summed E-state index contributed by atoms with van der Waals surface area (Å²) in [5.74, 6) is 1.49. The molecule has 2 aliphatic heterocycles. The van der Waals surface area contributed by atoms with Crippen LogP contribution in [-0.4, -0.2) is 47.5 Å². The first-order chi connectivity index (χ1) is 14.7. The van der Waals surface area contributed by atoms with Gasteiger partial charge in [-0.05, 0) is 47.6 Å². The van der Waals surface area contributed by atoms with Crippen LogP contribution in [0.1, 0.15) is 68.9 Å². The average molecular weight is 426 g/mol. The van der Waals surface area contributed by atoms with E-state index in [1.807, 2.05) is 30.3 Å². The second-order valence-electron chi connectivity index (χ2n) is 10.1. The highest BCUT2D eigenvalue weighted by Crippen LogP contribution is 2.45. The molecule has 2 aromatic carbocycles. The predicted octanol–water partition coefficient (Wildman–Crippen LogP) is 4.38. The van der Waals surface area contributed by atoms with Crippen molar-refractivity contribution >= 4 is 0 Å². The van der Waals surface area contributed by atoms with Gasteiger partial charge in [0.25, 0.3) is 0 Å². The summed E-state index contributed by atoms with van der Waals surface area (Å²) in [5.41, 5.74) is 2.81. The minimum absolute atomic E-state index is 0.110. The molecule has 0 aliphatic carbocycles. The normalized spacial score (nSPS) is 21.9. The number of nitrogens with zero attached hydrogens (tertiary/aromatic N) is 1. The lowest BCUT2D eigenvalue weighted by molar-refractivity contribution is -0.0588. The summed E-state index contributed by atoms with van der Waals surface area (Å²) in [6.07, 6.45) is 1.22. The van der Waals surface area contributed by atoms with Crippen LogP contribution in [0.3, 0.4) is 0 Å². The fourth-order valence-corrected chi connectivity index (χ4v) is 4.75. The molecule has 2 aliphatic rings. The first-order valence-electron chi connectivity index (χ1n) is 11.2. The number of hydrogen-bond acceptors (Lipinski definition) is 5. The second-order valence-corrected chi connectivity index (χ2v) is 10.1. The molecule has 2 unspecified atom stereocenters. The smallest absolute Gasteiger partial charge is 0.126 e. The van der Waals surface area contributed by atoms with E-state index in [2.05, 4.69) is 37.8 Å². The predicted molar refractivity (Wildman–Crippen MR) is 122 cm³/mol. The Kier molecular flexibility index (Phi) is 6.03. The molecule has 5 nitrogen and oxygen atoms in total. The maximum atomic E-state index is 10.8. The Bertz CT molecular complexity index is 895. The van der Waals surface area contributed by atoms with Gasteiger partial charge in [-0.1, -0.05) is 45.0 Å². The van der Waals surface area contributed by atoms with Crippen LogP contribution in [0.5, 0.6) is 11.5 Å². The standard InChI is InChI=1S/C26H35NO4/c1-25(2,3)19-7-5-18(6-8-19)23(29)17-27-13-11-26(12-14-27)16-22(28)21-15-20(30-4)9-10-24(21)31-26/h5-10,15,22-23,28-29H,11-14,16-17H2,1-4H3. The zero-order valence-electron chi connectivity index (χ0n) is 19.1. The van der Waals surface area contributed by atoms with Crippen LogP contribution < -0.4 is 9.47 Å². The van der Waals surface area contributed by atoms with Crippen LogP contribution in [0.15, 0.2) is 42.5 Å². The van der Waals surface area contributed by atoms with Gasteiger partial charge in [-0.25, -0.2) is 0 Å². The zero-order chi connectivity index (χ0) is 22.2. The van der Waals surface area contributed by atoms with Crippen molar-refractivity contribution in [3.63, 3.8) is 0 Å². The van der Waals surface area contributed by atoms with E-state index in [1.54, 1.807) is 7.11 Å². The lowest BCUT2D eigenvalue weighted by Crippen LogP contribution is -2.51. The summed E-state index contributed by atoms with van der Waals surface area (Å²) in [5, 5.41) is 21.5. The van der Waals surface area contributed by atoms with Crippen LogP contribution in [0.25, 0.3) is 0 Å². The van der Waals surface area contributed by atoms with Crippen LogP contribution in [0.4, 0.5) is 0 Å². The minimum atomic E-state index is -0.544. The van der Waals surface area contributed by atoms with E-state index >= 15 is 0 Å². The number of β-amino-alcohol motifs (C(OH)–C–C–N with tert-alkyl or cyclic N) is 1. The van der Waals surface area contributed by atoms with Crippen LogP contribution in [-0.2, 0) is 5.41 Å². The van der Waals surface area contributed by atoms with Gasteiger partial charge in [-0.2, -0.15) is 0 Å². The number of methoxy groups -OCH3 is 1. The molecule has 2 atom stereocenters. The molecule has 1 spiro atoms. The summed E-state index contributed by atoms with van der Waals surface area (Å²) < 4.78 is 11.7. The Morgan fingerprint density at radius 2 is 1.81 bits per heavy atom. The van der Waals surface area contributed by atoms with Gasteiger partial charge in [0, 0.05) is 31.6 Å². The zero-order valence-corrected chi connectivity index (χ0v) is 19.1. The van der Waals surface area contributed by atoms with Crippen molar-refractivity contribution in [2.45, 2.75) is 63.3 Å². The van der Waals surface area contributed by atoms with Crippen molar-refractivity contribution in [1.82, 2.24) is 4.90 Å². The van der Waals surface area contributed by atoms with Crippen LogP contribution >= 0.6 is 0 Å². The number of ether oxygens (including phenoxy) is 2. The molecule has 5 heteroatoms. The number of benzene rings is 2. The maximum Gasteiger partial charge on any atom is 0.126 e. The third-order valence-electron chi connectivity index (χ3n) is 6.83. The number of aliphatic hydroxyl groups excluding tert-OH is 2. The van der Waals surface area contributed by atoms with E-state index in [-0.39, 0.29) is 11.0 Å². The molecule has 4 rings (SSSR count). The van der Waals surface area contributed by atoms with Crippen molar-refractivity contribution in [1.29, 1.82) is 0 Å². The molecule has 2 heterocycles. The molecule has 0 saturated carbocycles. The molecular weight excluding hydrogens is 390 g/mol. The summed E-state index contributed by atoms with van der Waals surface area (Å²) >= 11 is 0. The second kappa shape index (κ2) is 8.45. The van der Waals surface area contributed by atoms with Crippen LogP contribution in [0.2, 0.25) is 0 Å². The van der Waals surface area contributed by atoms with Crippen molar-refractivity contribution in [3.05, 3.63) is 59.2 Å². The van der Waals surface area contributed by atoms with E-state index < -0.39 is 12.2 Å². The van der Waals surface area contributed by atoms with Crippen molar-refractivity contribution in [2.75, 3.05) is 26.7 Å². The molecule has 0 bridgehead atoms. The first-order valence-corrected chi connectivity index (χ1v) is 11.2. The topological polar surface area (TPSA) is 62.2 Å². The van der Waals surface area contributed by atoms with Gasteiger partial charge in [0.05, 0.1) is 19.3 Å². The molecule has 168 valence electrons. The third-order valence-corrected chi connectivity index (χ3v) is 6.83. The van der Waals surface area contributed by atoms with E-state index in [1.165, 1.54) is 5.56 Å². The van der Waals surface area contributed by atoms with Gasteiger partial charge in [-0.15, -0.1) is 0 Å². The summed E-state index contributed by atoms with van der Waals surface area (Å²) in [6.45, 7) is 8.88. The Morgan fingerprint density at radius 3 is 2.42 bits per heavy atom. The molecule has 0 aromatic heterocycles. The van der Waals surface area contributed by atoms with Gasteiger partial charge in [-0.3, -0.25) is 0 Å². The SMILES string of the molecule is COc1ccc2c(c1)C(O)CC1(CCN(CC(O)c3ccc(C(C)(C)C)cc3)CC1)O2. The molecule has 0 amide bonds. The van der Waals surface area contributed by atoms with Crippen molar-refractivity contribution < 1.29 is 19.7 Å². The Balaban J connectivity index is 1.36. The molecule has 1 saturated heterocycles. The van der Waals surface area contributed by atoms with Crippen molar-refractivity contribution in [2.24, 2.45) is 0 Å². The fraction of sp³-hybridized carbons (Fsp3) is 0.538. The molecule has 2 N–H and O–H groups in total. The first kappa shape index (κ1) is 22.1. The van der Waals surface area contributed by atoms with Crippen LogP contribution in [0, 0.1) is 0 Å². The molecular formula is C26H35NO4. The van der Waals surface area contributed by atoms with Gasteiger partial charge >= 0.3 is 0 Å². The molecule has 2 aromatic rings. The highest BCUT2D eigenvalue weighted by Gasteiger charge is 2.43. The van der Waals surface area contributed by atoms with E-state index in [9.17, 15) is 10.2 Å². The quantitative estimate of drug-likeness (QED) is 0.761. The van der Waals surface area contributed by atoms with Crippen molar-refractivity contribution in [3.8, 4) is 11.5 Å². The summed E-state index contributed by atoms with van der Waals surface area (Å²) in [4.78, 5) is 2.30. The highest BCUT2D eigenvalue weighted by atomic mass is 16.5.